The molecule has 31 unspecified atom stereocenters. The molecule has 0 spiro atoms. The Morgan fingerprint density at radius 2 is 1.14 bits per heavy atom. The molecule has 2 amide bonds. The summed E-state index contributed by atoms with van der Waals surface area (Å²) >= 11 is 0. The third kappa shape index (κ3) is 14.0. The topological polar surface area (TPSA) is 431 Å². The lowest BCUT2D eigenvalue weighted by molar-refractivity contribution is -0.379. The second-order valence-corrected chi connectivity index (χ2v) is 27.8. The first-order valence-corrected chi connectivity index (χ1v) is 31.6. The molecule has 31 atom stereocenters. The van der Waals surface area contributed by atoms with E-state index in [0.29, 0.717) is 31.1 Å². The maximum Gasteiger partial charge on any atom is 0.217 e. The maximum atomic E-state index is 13.0. The Balaban J connectivity index is 0.986. The van der Waals surface area contributed by atoms with Crippen LogP contribution in [0, 0.1) is 39.9 Å². The van der Waals surface area contributed by atoms with E-state index in [4.69, 9.17) is 47.4 Å². The zero-order valence-corrected chi connectivity index (χ0v) is 52.6. The number of carbonyl (C=O) groups is 3. The largest absolute Gasteiger partial charge is 0.394 e. The van der Waals surface area contributed by atoms with Gasteiger partial charge in [0.25, 0.3) is 0 Å². The molecule has 0 aromatic heterocycles. The second kappa shape index (κ2) is 28.7. The summed E-state index contributed by atoms with van der Waals surface area (Å²) in [5.41, 5.74) is 2.80. The van der Waals surface area contributed by atoms with Crippen molar-refractivity contribution < 1.29 is 128 Å². The molecule has 9 aliphatic rings. The Labute approximate surface area is 523 Å². The van der Waals surface area contributed by atoms with Gasteiger partial charge in [-0.3, -0.25) is 14.4 Å². The van der Waals surface area contributed by atoms with Gasteiger partial charge in [-0.05, 0) is 110 Å². The van der Waals surface area contributed by atoms with Gasteiger partial charge >= 0.3 is 0 Å². The van der Waals surface area contributed by atoms with Crippen LogP contribution in [-0.4, -0.2) is 270 Å². The second-order valence-electron chi connectivity index (χ2n) is 27.8. The summed E-state index contributed by atoms with van der Waals surface area (Å²) in [4.78, 5) is 38.4. The van der Waals surface area contributed by atoms with Crippen LogP contribution in [-0.2, 0) is 61.8 Å². The van der Waals surface area contributed by atoms with E-state index in [-0.39, 0.29) is 28.4 Å². The van der Waals surface area contributed by atoms with Gasteiger partial charge in [0.05, 0.1) is 39.1 Å². The molecular formula is C62H98N2O26. The molecule has 5 aliphatic heterocycles. The monoisotopic (exact) mass is 1290 g/mol. The predicted octanol–water partition coefficient (Wildman–Crippen LogP) is -2.91. The summed E-state index contributed by atoms with van der Waals surface area (Å²) in [6.45, 7) is 13.6. The molecule has 28 heteroatoms. The first-order chi connectivity index (χ1) is 42.4. The van der Waals surface area contributed by atoms with Crippen LogP contribution in [0.15, 0.2) is 34.9 Å². The van der Waals surface area contributed by atoms with E-state index in [0.717, 1.165) is 45.1 Å². The number of aliphatic hydroxyl groups excluding tert-OH is 13. The van der Waals surface area contributed by atoms with Crippen molar-refractivity contribution >= 4 is 17.6 Å². The fourth-order valence-electron chi connectivity index (χ4n) is 16.3. The lowest BCUT2D eigenvalue weighted by Gasteiger charge is -2.60. The molecule has 0 aromatic rings. The highest BCUT2D eigenvalue weighted by atomic mass is 16.8. The summed E-state index contributed by atoms with van der Waals surface area (Å²) in [5, 5.41) is 147. The van der Waals surface area contributed by atoms with Crippen molar-refractivity contribution in [3.8, 4) is 0 Å². The van der Waals surface area contributed by atoms with Gasteiger partial charge in [0.1, 0.15) is 116 Å². The van der Waals surface area contributed by atoms with Crippen LogP contribution in [0.3, 0.4) is 0 Å². The highest BCUT2D eigenvalue weighted by Crippen LogP contribution is 2.67. The smallest absolute Gasteiger partial charge is 0.217 e. The minimum atomic E-state index is -1.99. The third-order valence-corrected chi connectivity index (χ3v) is 21.1. The van der Waals surface area contributed by atoms with Crippen molar-refractivity contribution in [3.05, 3.63) is 34.9 Å². The van der Waals surface area contributed by atoms with Gasteiger partial charge in [-0.1, -0.05) is 52.3 Å². The fraction of sp³-hybridized carbons (Fsp3) is 0.855. The third-order valence-electron chi connectivity index (χ3n) is 21.1. The van der Waals surface area contributed by atoms with E-state index in [2.05, 4.69) is 57.4 Å². The number of allylic oxidation sites excluding steroid dienone is 6. The van der Waals surface area contributed by atoms with E-state index in [9.17, 15) is 80.8 Å². The number of rotatable bonds is 20. The van der Waals surface area contributed by atoms with Gasteiger partial charge < -0.3 is 124 Å². The molecule has 4 aliphatic carbocycles. The number of amides is 2. The maximum absolute atomic E-state index is 13.0. The first kappa shape index (κ1) is 71.2. The highest BCUT2D eigenvalue weighted by Gasteiger charge is 2.62. The van der Waals surface area contributed by atoms with Crippen LogP contribution in [0.2, 0.25) is 0 Å². The molecular weight excluding hydrogens is 1190 g/mol. The molecule has 0 radical (unpaired) electrons. The lowest BCUT2D eigenvalue weighted by Crippen LogP contribution is -2.68. The van der Waals surface area contributed by atoms with E-state index in [1.807, 2.05) is 13.8 Å². The normalized spacial score (nSPS) is 47.1. The van der Waals surface area contributed by atoms with Gasteiger partial charge in [-0.2, -0.15) is 0 Å². The molecule has 28 nitrogen and oxygen atoms in total. The first-order valence-electron chi connectivity index (χ1n) is 31.6. The summed E-state index contributed by atoms with van der Waals surface area (Å²) < 4.78 is 61.8. The standard InChI is InChI=1S/C62H98N2O26/c1-25(2)18-29(70)19-26(3)31-11-12-32-30-10-13-39-60(6,7)40(15-17-62(39,9)33(30)14-16-61(31,32)8)88-59-53(47(75)38(24-82-59)87-55-41(63-27(4)68)48(76)43(71)34(20-65)83-55)89-56-42(64-28(5)69)49(77)46(74)37(86-56)23-81-58-54(51(79)45(73)36(22-67)85-58)90-57-52(80)50(78)44(72)35(21-66)84-57/h10,14,18,26,31-32,34-59,65-67,71-80H,11-13,15-17,19-24H2,1-9H3,(H,63,68)(H,64,69). The lowest BCUT2D eigenvalue weighted by atomic mass is 9.46. The molecule has 90 heavy (non-hydrogen) atoms. The molecule has 15 N–H and O–H groups in total. The molecule has 5 heterocycles. The fourth-order valence-corrected chi connectivity index (χ4v) is 16.3. The van der Waals surface area contributed by atoms with E-state index in [1.165, 1.54) is 11.1 Å². The quantitative estimate of drug-likeness (QED) is 0.0544. The van der Waals surface area contributed by atoms with Crippen LogP contribution in [0.4, 0.5) is 0 Å². The van der Waals surface area contributed by atoms with Crippen molar-refractivity contribution in [3.63, 3.8) is 0 Å². The number of nitrogens with one attached hydrogen (secondary N) is 2. The van der Waals surface area contributed by atoms with E-state index < -0.39 is 204 Å². The van der Waals surface area contributed by atoms with Gasteiger partial charge in [0.2, 0.25) is 11.8 Å². The molecule has 2 saturated carbocycles. The van der Waals surface area contributed by atoms with Crippen molar-refractivity contribution in [2.45, 2.75) is 261 Å². The average molecular weight is 1290 g/mol. The molecule has 7 fully saturated rings. The number of ether oxygens (including phenoxy) is 10. The van der Waals surface area contributed by atoms with Crippen molar-refractivity contribution in [1.82, 2.24) is 10.6 Å². The van der Waals surface area contributed by atoms with Gasteiger partial charge in [0.15, 0.2) is 37.2 Å². The molecule has 9 rings (SSSR count). The number of aliphatic hydroxyl groups is 13. The van der Waals surface area contributed by atoms with Crippen LogP contribution in [0.25, 0.3) is 0 Å². The van der Waals surface area contributed by atoms with Crippen LogP contribution >= 0.6 is 0 Å². The van der Waals surface area contributed by atoms with Crippen LogP contribution in [0.1, 0.15) is 107 Å². The average Bonchev–Trinajstić information content (AvgIpc) is 1.17. The number of ketones is 1. The molecule has 0 bridgehead atoms. The number of hydrogen-bond donors (Lipinski definition) is 15. The minimum Gasteiger partial charge on any atom is -0.394 e. The van der Waals surface area contributed by atoms with Crippen molar-refractivity contribution in [1.29, 1.82) is 0 Å². The molecule has 0 aromatic carbocycles. The Kier molecular flexibility index (Phi) is 22.7. The minimum absolute atomic E-state index is 0.0214. The Hall–Kier alpha value is -3.09. The van der Waals surface area contributed by atoms with Crippen molar-refractivity contribution in [2.75, 3.05) is 33.0 Å². The van der Waals surface area contributed by atoms with Crippen LogP contribution in [0.5, 0.6) is 0 Å². The summed E-state index contributed by atoms with van der Waals surface area (Å²) in [5.74, 6) is -0.291. The number of fused-ring (bicyclic) bond motifs is 5. The Morgan fingerprint density at radius 3 is 1.74 bits per heavy atom. The van der Waals surface area contributed by atoms with E-state index in [1.54, 1.807) is 6.08 Å². The molecule has 512 valence electrons. The Morgan fingerprint density at radius 1 is 0.611 bits per heavy atom. The van der Waals surface area contributed by atoms with Gasteiger partial charge in [0, 0.05) is 20.3 Å². The number of hydrogen-bond acceptors (Lipinski definition) is 26. The molecule has 5 saturated heterocycles. The van der Waals surface area contributed by atoms with Crippen molar-refractivity contribution in [2.24, 2.45) is 39.9 Å². The SMILES string of the molecule is CC(=O)NC1C(OC2COC(OC3CCC4(C)C5=CCC6(C)C(CCC6C(C)CC(=O)C=C(C)C)C5=CCC4C3(C)C)C(OC3OC(COC4OC(CO)C(O)C(O)C4OC4OC(CO)C(O)C(O)C4O)C(O)C(O)C3NC(C)=O)C2O)OC(CO)C(O)C1O. The highest BCUT2D eigenvalue weighted by molar-refractivity contribution is 5.90. The summed E-state index contributed by atoms with van der Waals surface area (Å²) in [6, 6.07) is -3.07. The van der Waals surface area contributed by atoms with Crippen LogP contribution < -0.4 is 10.6 Å². The zero-order valence-electron chi connectivity index (χ0n) is 52.6. The zero-order chi connectivity index (χ0) is 65.8. The van der Waals surface area contributed by atoms with Gasteiger partial charge in [-0.25, -0.2) is 0 Å². The van der Waals surface area contributed by atoms with E-state index >= 15 is 0 Å². The summed E-state index contributed by atoms with van der Waals surface area (Å²) in [7, 11) is 0. The predicted molar refractivity (Wildman–Crippen MR) is 309 cm³/mol. The summed E-state index contributed by atoms with van der Waals surface area (Å²) in [6.07, 6.45) is -27.1. The van der Waals surface area contributed by atoms with Gasteiger partial charge in [-0.15, -0.1) is 0 Å². The Bertz CT molecular complexity index is 2590. The number of carbonyl (C=O) groups excluding carboxylic acids is 3.